The van der Waals surface area contributed by atoms with E-state index in [1.165, 1.54) is 12.5 Å². The molecule has 1 saturated heterocycles. The summed E-state index contributed by atoms with van der Waals surface area (Å²) in [5, 5.41) is 14.8. The van der Waals surface area contributed by atoms with Crippen LogP contribution in [0.4, 0.5) is 17.2 Å². The summed E-state index contributed by atoms with van der Waals surface area (Å²) in [7, 11) is 0. The summed E-state index contributed by atoms with van der Waals surface area (Å²) in [5.74, 6) is 0.693. The van der Waals surface area contributed by atoms with Crippen LogP contribution in [0.3, 0.4) is 0 Å². The number of carbonyl (C=O) groups is 1. The molecule has 30 heavy (non-hydrogen) atoms. The molecule has 158 valence electrons. The Kier molecular flexibility index (Phi) is 6.11. The number of hydrogen-bond donors (Lipinski definition) is 1. The molecular weight excluding hydrogens is 382 g/mol. The molecule has 1 aliphatic heterocycles. The van der Waals surface area contributed by atoms with Crippen molar-refractivity contribution in [1.29, 1.82) is 0 Å². The van der Waals surface area contributed by atoms with E-state index in [1.807, 2.05) is 23.1 Å². The van der Waals surface area contributed by atoms with Crippen molar-refractivity contribution in [1.82, 2.24) is 10.3 Å². The molecule has 0 radical (unpaired) electrons. The highest BCUT2D eigenvalue weighted by Crippen LogP contribution is 2.31. The van der Waals surface area contributed by atoms with Crippen molar-refractivity contribution >= 4 is 23.1 Å². The number of hydrogen-bond acceptors (Lipinski definition) is 6. The first-order valence-corrected chi connectivity index (χ1v) is 10.6. The zero-order valence-corrected chi connectivity index (χ0v) is 17.0. The van der Waals surface area contributed by atoms with Gasteiger partial charge in [0.15, 0.2) is 0 Å². The van der Waals surface area contributed by atoms with Crippen molar-refractivity contribution in [2.45, 2.75) is 38.1 Å². The lowest BCUT2D eigenvalue weighted by Crippen LogP contribution is -2.47. The van der Waals surface area contributed by atoms with Gasteiger partial charge in [-0.15, -0.1) is 0 Å². The maximum atomic E-state index is 12.6. The normalized spacial score (nSPS) is 17.6. The van der Waals surface area contributed by atoms with E-state index >= 15 is 0 Å². The number of pyridine rings is 1. The van der Waals surface area contributed by atoms with Gasteiger partial charge in [-0.2, -0.15) is 0 Å². The third kappa shape index (κ3) is 4.53. The molecule has 4 rings (SSSR count). The summed E-state index contributed by atoms with van der Waals surface area (Å²) < 4.78 is 0. The number of benzene rings is 1. The first-order chi connectivity index (χ1) is 14.6. The van der Waals surface area contributed by atoms with Crippen LogP contribution in [0.2, 0.25) is 0 Å². The Balaban J connectivity index is 1.46. The fraction of sp³-hybridized carbons (Fsp3) is 0.455. The average Bonchev–Trinajstić information content (AvgIpc) is 2.80. The third-order valence-electron chi connectivity index (χ3n) is 5.97. The number of nitrogens with one attached hydrogen (secondary N) is 1. The summed E-state index contributed by atoms with van der Waals surface area (Å²) in [5.41, 5.74) is 0.899. The fourth-order valence-electron chi connectivity index (χ4n) is 4.31. The van der Waals surface area contributed by atoms with Crippen molar-refractivity contribution < 1.29 is 9.72 Å². The van der Waals surface area contributed by atoms with Crippen LogP contribution in [0, 0.1) is 10.1 Å². The number of nitrogens with zero attached hydrogens (tertiary/aromatic N) is 4. The monoisotopic (exact) mass is 409 g/mol. The van der Waals surface area contributed by atoms with Crippen molar-refractivity contribution in [2.75, 3.05) is 36.0 Å². The Labute approximate surface area is 176 Å². The lowest BCUT2D eigenvalue weighted by molar-refractivity contribution is -0.384. The largest absolute Gasteiger partial charge is 0.362 e. The van der Waals surface area contributed by atoms with E-state index < -0.39 is 4.92 Å². The van der Waals surface area contributed by atoms with E-state index in [0.29, 0.717) is 24.3 Å². The Morgan fingerprint density at radius 1 is 1.03 bits per heavy atom. The van der Waals surface area contributed by atoms with Gasteiger partial charge in [-0.3, -0.25) is 14.9 Å². The van der Waals surface area contributed by atoms with Gasteiger partial charge in [0.2, 0.25) is 0 Å². The van der Waals surface area contributed by atoms with Gasteiger partial charge in [0, 0.05) is 50.0 Å². The van der Waals surface area contributed by atoms with Crippen LogP contribution in [0.1, 0.15) is 42.5 Å². The van der Waals surface area contributed by atoms with Crippen LogP contribution in [-0.4, -0.2) is 48.0 Å². The molecule has 8 nitrogen and oxygen atoms in total. The van der Waals surface area contributed by atoms with Gasteiger partial charge in [0.25, 0.3) is 11.6 Å². The molecule has 0 unspecified atom stereocenters. The summed E-state index contributed by atoms with van der Waals surface area (Å²) >= 11 is 0. The number of nitro groups is 1. The molecule has 0 atom stereocenters. The summed E-state index contributed by atoms with van der Waals surface area (Å²) in [6.45, 7) is 2.78. The fourth-order valence-corrected chi connectivity index (χ4v) is 4.31. The molecule has 1 saturated carbocycles. The Hall–Kier alpha value is -3.16. The maximum absolute atomic E-state index is 12.6. The van der Waals surface area contributed by atoms with Crippen molar-refractivity contribution in [3.63, 3.8) is 0 Å². The maximum Gasteiger partial charge on any atom is 0.293 e. The van der Waals surface area contributed by atoms with E-state index in [9.17, 15) is 14.9 Å². The molecule has 8 heteroatoms. The molecule has 1 aromatic heterocycles. The second-order valence-corrected chi connectivity index (χ2v) is 7.93. The number of anilines is 2. The molecule has 1 N–H and O–H groups in total. The highest BCUT2D eigenvalue weighted by Gasteiger charge is 2.26. The third-order valence-corrected chi connectivity index (χ3v) is 5.97. The SMILES string of the molecule is O=C(NC1CCCCC1)c1ccc(N2CCN(c3ccccn3)CC2)c([N+](=O)[O-])c1. The van der Waals surface area contributed by atoms with E-state index in [-0.39, 0.29) is 17.6 Å². The van der Waals surface area contributed by atoms with Crippen LogP contribution in [0.15, 0.2) is 42.6 Å². The molecular formula is C22H27N5O3. The minimum absolute atomic E-state index is 0.0161. The number of aromatic nitrogens is 1. The first kappa shape index (κ1) is 20.1. The van der Waals surface area contributed by atoms with E-state index in [0.717, 1.165) is 44.6 Å². The lowest BCUT2D eigenvalue weighted by Gasteiger charge is -2.36. The predicted molar refractivity (Wildman–Crippen MR) is 116 cm³/mol. The highest BCUT2D eigenvalue weighted by atomic mass is 16.6. The van der Waals surface area contributed by atoms with Gasteiger partial charge in [-0.1, -0.05) is 25.3 Å². The van der Waals surface area contributed by atoms with Crippen LogP contribution in [0.25, 0.3) is 0 Å². The zero-order valence-electron chi connectivity index (χ0n) is 17.0. The van der Waals surface area contributed by atoms with Crippen LogP contribution in [0.5, 0.6) is 0 Å². The quantitative estimate of drug-likeness (QED) is 0.601. The standard InChI is InChI=1S/C22H27N5O3/c28-22(24-18-6-2-1-3-7-18)17-9-10-19(20(16-17)27(29)30)25-12-14-26(15-13-25)21-8-4-5-11-23-21/h4-5,8-11,16,18H,1-3,6-7,12-15H2,(H,24,28). The lowest BCUT2D eigenvalue weighted by atomic mass is 9.95. The molecule has 2 aromatic rings. The van der Waals surface area contributed by atoms with E-state index in [1.54, 1.807) is 18.3 Å². The zero-order chi connectivity index (χ0) is 20.9. The molecule has 2 aliphatic rings. The number of piperazine rings is 1. The van der Waals surface area contributed by atoms with E-state index in [4.69, 9.17) is 0 Å². The van der Waals surface area contributed by atoms with Crippen molar-refractivity contribution in [3.8, 4) is 0 Å². The first-order valence-electron chi connectivity index (χ1n) is 10.6. The number of rotatable bonds is 5. The number of carbonyl (C=O) groups excluding carboxylic acids is 1. The molecule has 0 bridgehead atoms. The Morgan fingerprint density at radius 2 is 1.77 bits per heavy atom. The minimum Gasteiger partial charge on any atom is -0.362 e. The molecule has 2 fully saturated rings. The van der Waals surface area contributed by atoms with Gasteiger partial charge in [0.05, 0.1) is 4.92 Å². The molecule has 1 aliphatic carbocycles. The molecule has 0 spiro atoms. The van der Waals surface area contributed by atoms with Gasteiger partial charge < -0.3 is 15.1 Å². The van der Waals surface area contributed by atoms with Crippen LogP contribution < -0.4 is 15.1 Å². The second kappa shape index (κ2) is 9.11. The molecule has 1 aromatic carbocycles. The minimum atomic E-state index is -0.391. The Bertz CT molecular complexity index is 891. The predicted octanol–water partition coefficient (Wildman–Crippen LogP) is 3.38. The summed E-state index contributed by atoms with van der Waals surface area (Å²) in [6.07, 6.45) is 7.17. The van der Waals surface area contributed by atoms with Gasteiger partial charge >= 0.3 is 0 Å². The smallest absolute Gasteiger partial charge is 0.293 e. The number of amides is 1. The van der Waals surface area contributed by atoms with Gasteiger partial charge in [-0.05, 0) is 37.1 Å². The van der Waals surface area contributed by atoms with Gasteiger partial charge in [0.1, 0.15) is 11.5 Å². The van der Waals surface area contributed by atoms with Crippen molar-refractivity contribution in [3.05, 3.63) is 58.3 Å². The Morgan fingerprint density at radius 3 is 2.43 bits per heavy atom. The second-order valence-electron chi connectivity index (χ2n) is 7.93. The van der Waals surface area contributed by atoms with Gasteiger partial charge in [-0.25, -0.2) is 4.98 Å². The van der Waals surface area contributed by atoms with E-state index in [2.05, 4.69) is 15.2 Å². The summed E-state index contributed by atoms with van der Waals surface area (Å²) in [4.78, 5) is 32.5. The van der Waals surface area contributed by atoms with Crippen LogP contribution >= 0.6 is 0 Å². The average molecular weight is 409 g/mol. The highest BCUT2D eigenvalue weighted by molar-refractivity contribution is 5.96. The van der Waals surface area contributed by atoms with Crippen LogP contribution in [-0.2, 0) is 0 Å². The molecule has 2 heterocycles. The van der Waals surface area contributed by atoms with Crippen molar-refractivity contribution in [2.24, 2.45) is 0 Å². The molecule has 1 amide bonds. The topological polar surface area (TPSA) is 91.6 Å². The summed E-state index contributed by atoms with van der Waals surface area (Å²) in [6, 6.07) is 10.8. The number of nitro benzene ring substituents is 1.